The third-order valence-corrected chi connectivity index (χ3v) is 6.51. The number of esters is 1. The standard InChI is InChI=1S/C27H24N2O6S/c1-15-11-16(2)24(17(3)12-15)28-23(30)14-29-25(31)22(36-27(29)33)13-20-9-10-21(35-20)18-5-7-19(8-6-18)26(32)34-4/h5-13H,14H2,1-4H3,(H,28,30)/b22-13+. The summed E-state index contributed by atoms with van der Waals surface area (Å²) >= 11 is 0.753. The molecule has 0 bridgehead atoms. The van der Waals surface area contributed by atoms with E-state index in [1.54, 1.807) is 36.4 Å². The first kappa shape index (κ1) is 25.0. The van der Waals surface area contributed by atoms with Gasteiger partial charge in [-0.1, -0.05) is 29.8 Å². The maximum atomic E-state index is 12.8. The highest BCUT2D eigenvalue weighted by Crippen LogP contribution is 2.33. The molecule has 0 radical (unpaired) electrons. The summed E-state index contributed by atoms with van der Waals surface area (Å²) in [6.07, 6.45) is 1.48. The van der Waals surface area contributed by atoms with Crippen molar-refractivity contribution in [2.45, 2.75) is 20.8 Å². The molecule has 3 aromatic rings. The summed E-state index contributed by atoms with van der Waals surface area (Å²) in [5.41, 5.74) is 4.72. The van der Waals surface area contributed by atoms with Gasteiger partial charge in [-0.05, 0) is 67.9 Å². The number of ether oxygens (including phenoxy) is 1. The Bertz CT molecular complexity index is 1380. The van der Waals surface area contributed by atoms with Crippen molar-refractivity contribution in [1.82, 2.24) is 4.90 Å². The van der Waals surface area contributed by atoms with Crippen molar-refractivity contribution < 1.29 is 28.3 Å². The molecule has 1 aromatic heterocycles. The quantitative estimate of drug-likeness (QED) is 0.357. The molecule has 1 saturated heterocycles. The van der Waals surface area contributed by atoms with E-state index in [0.29, 0.717) is 22.8 Å². The topological polar surface area (TPSA) is 106 Å². The van der Waals surface area contributed by atoms with Crippen LogP contribution < -0.4 is 5.32 Å². The van der Waals surface area contributed by atoms with Crippen molar-refractivity contribution in [3.63, 3.8) is 0 Å². The molecule has 0 spiro atoms. The molecule has 184 valence electrons. The van der Waals surface area contributed by atoms with E-state index in [2.05, 4.69) is 5.32 Å². The first-order valence-corrected chi connectivity index (χ1v) is 11.9. The molecule has 0 aliphatic carbocycles. The molecule has 2 aromatic carbocycles. The average Bonchev–Trinajstić information content (AvgIpc) is 3.41. The maximum absolute atomic E-state index is 12.8. The molecule has 1 aliphatic heterocycles. The first-order valence-electron chi connectivity index (χ1n) is 11.1. The van der Waals surface area contributed by atoms with E-state index in [0.717, 1.165) is 38.9 Å². The third-order valence-electron chi connectivity index (χ3n) is 5.61. The van der Waals surface area contributed by atoms with Crippen LogP contribution in [0.1, 0.15) is 32.8 Å². The fourth-order valence-corrected chi connectivity index (χ4v) is 4.76. The number of benzene rings is 2. The SMILES string of the molecule is COC(=O)c1ccc(-c2ccc(/C=C3/SC(=O)N(CC(=O)Nc4c(C)cc(C)cc4C)C3=O)o2)cc1. The highest BCUT2D eigenvalue weighted by molar-refractivity contribution is 8.18. The zero-order valence-electron chi connectivity index (χ0n) is 20.2. The monoisotopic (exact) mass is 504 g/mol. The lowest BCUT2D eigenvalue weighted by atomic mass is 10.1. The third kappa shape index (κ3) is 5.26. The molecule has 0 saturated carbocycles. The van der Waals surface area contributed by atoms with Gasteiger partial charge in [0.05, 0.1) is 17.6 Å². The Hall–Kier alpha value is -4.11. The van der Waals surface area contributed by atoms with Crippen LogP contribution in [0.15, 0.2) is 57.9 Å². The number of rotatable bonds is 6. The minimum absolute atomic E-state index is 0.164. The Balaban J connectivity index is 1.45. The zero-order chi connectivity index (χ0) is 26.0. The van der Waals surface area contributed by atoms with Gasteiger partial charge in [-0.25, -0.2) is 4.79 Å². The van der Waals surface area contributed by atoms with Gasteiger partial charge in [0.25, 0.3) is 11.1 Å². The van der Waals surface area contributed by atoms with E-state index in [-0.39, 0.29) is 11.4 Å². The first-order chi connectivity index (χ1) is 17.2. The number of carbonyl (C=O) groups excluding carboxylic acids is 4. The number of furan rings is 1. The van der Waals surface area contributed by atoms with Crippen LogP contribution in [0.3, 0.4) is 0 Å². The zero-order valence-corrected chi connectivity index (χ0v) is 21.0. The summed E-state index contributed by atoms with van der Waals surface area (Å²) in [5.74, 6) is -0.541. The number of thioether (sulfide) groups is 1. The molecule has 0 unspecified atom stereocenters. The minimum Gasteiger partial charge on any atom is -0.465 e. The summed E-state index contributed by atoms with van der Waals surface area (Å²) in [7, 11) is 1.31. The average molecular weight is 505 g/mol. The van der Waals surface area contributed by atoms with Gasteiger partial charge in [-0.2, -0.15) is 0 Å². The number of carbonyl (C=O) groups is 4. The van der Waals surface area contributed by atoms with Crippen molar-refractivity contribution in [2.24, 2.45) is 0 Å². The number of nitrogens with zero attached hydrogens (tertiary/aromatic N) is 1. The Morgan fingerprint density at radius 3 is 2.33 bits per heavy atom. The number of amides is 3. The smallest absolute Gasteiger partial charge is 0.337 e. The lowest BCUT2D eigenvalue weighted by Gasteiger charge is -2.15. The number of aryl methyl sites for hydroxylation is 3. The van der Waals surface area contributed by atoms with Crippen molar-refractivity contribution in [2.75, 3.05) is 19.0 Å². The Labute approximate surface area is 212 Å². The lowest BCUT2D eigenvalue weighted by Crippen LogP contribution is -2.36. The predicted octanol–water partition coefficient (Wildman–Crippen LogP) is 5.33. The van der Waals surface area contributed by atoms with Crippen LogP contribution in [0.25, 0.3) is 17.4 Å². The van der Waals surface area contributed by atoms with Gasteiger partial charge in [0, 0.05) is 17.3 Å². The van der Waals surface area contributed by atoms with E-state index < -0.39 is 23.0 Å². The van der Waals surface area contributed by atoms with Crippen molar-refractivity contribution >= 4 is 46.5 Å². The number of anilines is 1. The molecular weight excluding hydrogens is 480 g/mol. The van der Waals surface area contributed by atoms with Crippen LogP contribution in [-0.2, 0) is 14.3 Å². The largest absolute Gasteiger partial charge is 0.465 e. The highest BCUT2D eigenvalue weighted by Gasteiger charge is 2.36. The molecule has 3 amide bonds. The van der Waals surface area contributed by atoms with Gasteiger partial charge < -0.3 is 14.5 Å². The van der Waals surface area contributed by atoms with Gasteiger partial charge in [0.2, 0.25) is 5.91 Å². The number of hydrogen-bond donors (Lipinski definition) is 1. The van der Waals surface area contributed by atoms with Crippen LogP contribution in [-0.4, -0.2) is 41.6 Å². The Morgan fingerprint density at radius 1 is 1.03 bits per heavy atom. The molecule has 2 heterocycles. The van der Waals surface area contributed by atoms with Gasteiger partial charge in [0.15, 0.2) is 0 Å². The number of imide groups is 1. The predicted molar refractivity (Wildman–Crippen MR) is 137 cm³/mol. The van der Waals surface area contributed by atoms with Crippen molar-refractivity contribution in [3.8, 4) is 11.3 Å². The number of methoxy groups -OCH3 is 1. The fourth-order valence-electron chi connectivity index (χ4n) is 3.94. The van der Waals surface area contributed by atoms with Crippen LogP contribution in [0.4, 0.5) is 10.5 Å². The second-order valence-electron chi connectivity index (χ2n) is 8.36. The second kappa shape index (κ2) is 10.2. The summed E-state index contributed by atoms with van der Waals surface area (Å²) < 4.78 is 10.5. The molecule has 9 heteroatoms. The van der Waals surface area contributed by atoms with E-state index in [4.69, 9.17) is 9.15 Å². The molecular formula is C27H24N2O6S. The van der Waals surface area contributed by atoms with Crippen LogP contribution in [0, 0.1) is 20.8 Å². The Kier molecular flexibility index (Phi) is 7.12. The van der Waals surface area contributed by atoms with E-state index in [9.17, 15) is 19.2 Å². The molecule has 8 nitrogen and oxygen atoms in total. The van der Waals surface area contributed by atoms with E-state index in [1.165, 1.54) is 13.2 Å². The van der Waals surface area contributed by atoms with Crippen LogP contribution in [0.2, 0.25) is 0 Å². The molecule has 0 atom stereocenters. The summed E-state index contributed by atoms with van der Waals surface area (Å²) in [6, 6.07) is 14.0. The molecule has 1 fully saturated rings. The maximum Gasteiger partial charge on any atom is 0.337 e. The number of hydrogen-bond acceptors (Lipinski definition) is 7. The molecule has 1 N–H and O–H groups in total. The highest BCUT2D eigenvalue weighted by atomic mass is 32.2. The fraction of sp³-hybridized carbons (Fsp3) is 0.185. The number of nitrogens with one attached hydrogen (secondary N) is 1. The molecule has 36 heavy (non-hydrogen) atoms. The van der Waals surface area contributed by atoms with Crippen LogP contribution >= 0.6 is 11.8 Å². The van der Waals surface area contributed by atoms with Gasteiger partial charge >= 0.3 is 5.97 Å². The summed E-state index contributed by atoms with van der Waals surface area (Å²) in [4.78, 5) is 50.6. The van der Waals surface area contributed by atoms with Gasteiger partial charge in [-0.3, -0.25) is 19.3 Å². The molecule has 1 aliphatic rings. The van der Waals surface area contributed by atoms with Crippen molar-refractivity contribution in [1.29, 1.82) is 0 Å². The van der Waals surface area contributed by atoms with Crippen LogP contribution in [0.5, 0.6) is 0 Å². The van der Waals surface area contributed by atoms with E-state index >= 15 is 0 Å². The van der Waals surface area contributed by atoms with Gasteiger partial charge in [0.1, 0.15) is 18.1 Å². The summed E-state index contributed by atoms with van der Waals surface area (Å²) in [6.45, 7) is 5.37. The minimum atomic E-state index is -0.558. The van der Waals surface area contributed by atoms with Crippen molar-refractivity contribution in [3.05, 3.63) is 81.5 Å². The van der Waals surface area contributed by atoms with Gasteiger partial charge in [-0.15, -0.1) is 0 Å². The normalized spacial score (nSPS) is 14.4. The second-order valence-corrected chi connectivity index (χ2v) is 9.35. The van der Waals surface area contributed by atoms with E-state index in [1.807, 2.05) is 32.9 Å². The summed E-state index contributed by atoms with van der Waals surface area (Å²) in [5, 5.41) is 2.29. The Morgan fingerprint density at radius 2 is 1.69 bits per heavy atom. The molecule has 4 rings (SSSR count). The lowest BCUT2D eigenvalue weighted by molar-refractivity contribution is -0.127.